The summed E-state index contributed by atoms with van der Waals surface area (Å²) >= 11 is 0. The molecule has 0 aliphatic rings. The fourth-order valence-corrected chi connectivity index (χ4v) is 1.15. The second kappa shape index (κ2) is 6.44. The van der Waals surface area contributed by atoms with Crippen LogP contribution in [0.3, 0.4) is 0 Å². The molecule has 3 N–H and O–H groups in total. The summed E-state index contributed by atoms with van der Waals surface area (Å²) in [5, 5.41) is 3.35. The fraction of sp³-hybridized carbons (Fsp3) is 1.00. The van der Waals surface area contributed by atoms with Gasteiger partial charge in [0.15, 0.2) is 0 Å². The highest BCUT2D eigenvalue weighted by Gasteiger charge is 2.07. The van der Waals surface area contributed by atoms with E-state index < -0.39 is 0 Å². The van der Waals surface area contributed by atoms with Crippen LogP contribution in [0.25, 0.3) is 0 Å². The van der Waals surface area contributed by atoms with E-state index in [1.165, 1.54) is 6.42 Å². The van der Waals surface area contributed by atoms with Crippen molar-refractivity contribution in [3.63, 3.8) is 0 Å². The van der Waals surface area contributed by atoms with Gasteiger partial charge in [-0.3, -0.25) is 0 Å². The fourth-order valence-electron chi connectivity index (χ4n) is 1.15. The summed E-state index contributed by atoms with van der Waals surface area (Å²) in [5.41, 5.74) is 5.94. The van der Waals surface area contributed by atoms with Gasteiger partial charge in [0.05, 0.1) is 0 Å². The van der Waals surface area contributed by atoms with Crippen LogP contribution in [0, 0.1) is 5.92 Å². The first-order valence-electron chi connectivity index (χ1n) is 5.05. The molecule has 0 aliphatic carbocycles. The third kappa shape index (κ3) is 6.62. The Morgan fingerprint density at radius 3 is 2.25 bits per heavy atom. The molecule has 0 radical (unpaired) electrons. The lowest BCUT2D eigenvalue weighted by Gasteiger charge is -2.17. The number of nitrogens with two attached hydrogens (primary N) is 1. The molecular formula is C10H24N2. The van der Waals surface area contributed by atoms with E-state index in [0.29, 0.717) is 12.1 Å². The molecule has 0 spiro atoms. The van der Waals surface area contributed by atoms with Crippen LogP contribution in [-0.2, 0) is 0 Å². The molecule has 2 nitrogen and oxygen atoms in total. The van der Waals surface area contributed by atoms with Gasteiger partial charge in [0.1, 0.15) is 0 Å². The summed E-state index contributed by atoms with van der Waals surface area (Å²) in [4.78, 5) is 0. The molecule has 0 heterocycles. The average Bonchev–Trinajstić information content (AvgIpc) is 2.00. The van der Waals surface area contributed by atoms with Crippen molar-refractivity contribution in [3.05, 3.63) is 0 Å². The molecule has 0 saturated carbocycles. The Hall–Kier alpha value is -0.0800. The SMILES string of the molecule is CCC(C)C[C@@H](N)CNC(C)C. The Kier molecular flexibility index (Phi) is 6.39. The molecule has 1 unspecified atom stereocenters. The first-order chi connectivity index (χ1) is 5.56. The van der Waals surface area contributed by atoms with E-state index in [-0.39, 0.29) is 0 Å². The second-order valence-corrected chi connectivity index (χ2v) is 4.07. The molecular weight excluding hydrogens is 148 g/mol. The third-order valence-corrected chi connectivity index (χ3v) is 2.19. The van der Waals surface area contributed by atoms with Gasteiger partial charge in [-0.1, -0.05) is 34.1 Å². The first kappa shape index (κ1) is 11.9. The molecule has 0 rings (SSSR count). The normalized spacial score (nSPS) is 16.5. The van der Waals surface area contributed by atoms with Crippen molar-refractivity contribution in [1.29, 1.82) is 0 Å². The molecule has 0 aromatic carbocycles. The molecule has 0 aliphatic heterocycles. The molecule has 12 heavy (non-hydrogen) atoms. The maximum Gasteiger partial charge on any atom is 0.0167 e. The van der Waals surface area contributed by atoms with Gasteiger partial charge in [-0.05, 0) is 12.3 Å². The predicted octanol–water partition coefficient (Wildman–Crippen LogP) is 1.75. The van der Waals surface area contributed by atoms with Crippen LogP contribution in [0.4, 0.5) is 0 Å². The van der Waals surface area contributed by atoms with Crippen LogP contribution in [0.15, 0.2) is 0 Å². The minimum Gasteiger partial charge on any atom is -0.327 e. The molecule has 2 atom stereocenters. The van der Waals surface area contributed by atoms with Gasteiger partial charge in [0, 0.05) is 18.6 Å². The minimum atomic E-state index is 0.322. The maximum atomic E-state index is 5.94. The van der Waals surface area contributed by atoms with E-state index in [0.717, 1.165) is 18.9 Å². The van der Waals surface area contributed by atoms with E-state index in [1.54, 1.807) is 0 Å². The van der Waals surface area contributed by atoms with E-state index in [1.807, 2.05) is 0 Å². The zero-order valence-corrected chi connectivity index (χ0v) is 8.93. The summed E-state index contributed by atoms with van der Waals surface area (Å²) in [5.74, 6) is 0.758. The predicted molar refractivity (Wildman–Crippen MR) is 55.2 cm³/mol. The Labute approximate surface area is 76.9 Å². The van der Waals surface area contributed by atoms with Crippen LogP contribution < -0.4 is 11.1 Å². The monoisotopic (exact) mass is 172 g/mol. The highest BCUT2D eigenvalue weighted by Crippen LogP contribution is 2.07. The molecule has 0 fully saturated rings. The highest BCUT2D eigenvalue weighted by molar-refractivity contribution is 4.68. The lowest BCUT2D eigenvalue weighted by atomic mass is 10.00. The van der Waals surface area contributed by atoms with Gasteiger partial charge < -0.3 is 11.1 Å². The number of hydrogen-bond acceptors (Lipinski definition) is 2. The quantitative estimate of drug-likeness (QED) is 0.640. The van der Waals surface area contributed by atoms with E-state index in [9.17, 15) is 0 Å². The van der Waals surface area contributed by atoms with Crippen LogP contribution in [-0.4, -0.2) is 18.6 Å². The average molecular weight is 172 g/mol. The van der Waals surface area contributed by atoms with E-state index >= 15 is 0 Å². The number of rotatable bonds is 6. The van der Waals surface area contributed by atoms with Crippen molar-refractivity contribution in [1.82, 2.24) is 5.32 Å². The van der Waals surface area contributed by atoms with Crippen LogP contribution in [0.2, 0.25) is 0 Å². The van der Waals surface area contributed by atoms with E-state index in [2.05, 4.69) is 33.0 Å². The minimum absolute atomic E-state index is 0.322. The summed E-state index contributed by atoms with van der Waals surface area (Å²) in [6, 6.07) is 0.871. The van der Waals surface area contributed by atoms with Gasteiger partial charge in [-0.15, -0.1) is 0 Å². The topological polar surface area (TPSA) is 38.0 Å². The van der Waals surface area contributed by atoms with Crippen molar-refractivity contribution in [2.75, 3.05) is 6.54 Å². The molecule has 2 heteroatoms. The van der Waals surface area contributed by atoms with Crippen LogP contribution >= 0.6 is 0 Å². The van der Waals surface area contributed by atoms with Gasteiger partial charge in [0.2, 0.25) is 0 Å². The Bertz CT molecular complexity index is 102. The standard InChI is InChI=1S/C10H24N2/c1-5-9(4)6-10(11)7-12-8(2)3/h8-10,12H,5-7,11H2,1-4H3/t9?,10-/m1/s1. The van der Waals surface area contributed by atoms with Crippen molar-refractivity contribution >= 4 is 0 Å². The summed E-state index contributed by atoms with van der Waals surface area (Å²) in [6.45, 7) is 9.72. The number of hydrogen-bond donors (Lipinski definition) is 2. The zero-order valence-electron chi connectivity index (χ0n) is 8.93. The van der Waals surface area contributed by atoms with Crippen molar-refractivity contribution in [3.8, 4) is 0 Å². The summed E-state index contributed by atoms with van der Waals surface area (Å²) < 4.78 is 0. The zero-order chi connectivity index (χ0) is 9.56. The van der Waals surface area contributed by atoms with Gasteiger partial charge in [-0.25, -0.2) is 0 Å². The maximum absolute atomic E-state index is 5.94. The number of nitrogens with one attached hydrogen (secondary N) is 1. The summed E-state index contributed by atoms with van der Waals surface area (Å²) in [7, 11) is 0. The van der Waals surface area contributed by atoms with Crippen molar-refractivity contribution in [2.45, 2.75) is 52.6 Å². The largest absolute Gasteiger partial charge is 0.327 e. The highest BCUT2D eigenvalue weighted by atomic mass is 14.9. The van der Waals surface area contributed by atoms with Crippen LogP contribution in [0.5, 0.6) is 0 Å². The van der Waals surface area contributed by atoms with Crippen molar-refractivity contribution < 1.29 is 0 Å². The van der Waals surface area contributed by atoms with Gasteiger partial charge in [0.25, 0.3) is 0 Å². The lowest BCUT2D eigenvalue weighted by Crippen LogP contribution is -2.38. The van der Waals surface area contributed by atoms with Gasteiger partial charge >= 0.3 is 0 Å². The van der Waals surface area contributed by atoms with Crippen LogP contribution in [0.1, 0.15) is 40.5 Å². The molecule has 0 amide bonds. The lowest BCUT2D eigenvalue weighted by molar-refractivity contribution is 0.422. The van der Waals surface area contributed by atoms with Crippen molar-refractivity contribution in [2.24, 2.45) is 11.7 Å². The van der Waals surface area contributed by atoms with E-state index in [4.69, 9.17) is 5.73 Å². The first-order valence-corrected chi connectivity index (χ1v) is 5.05. The molecule has 74 valence electrons. The summed E-state index contributed by atoms with van der Waals surface area (Å²) in [6.07, 6.45) is 2.37. The molecule has 0 aromatic rings. The Balaban J connectivity index is 3.39. The van der Waals surface area contributed by atoms with Gasteiger partial charge in [-0.2, -0.15) is 0 Å². The Morgan fingerprint density at radius 2 is 1.83 bits per heavy atom. The second-order valence-electron chi connectivity index (χ2n) is 4.07. The molecule has 0 bridgehead atoms. The molecule has 0 saturated heterocycles. The Morgan fingerprint density at radius 1 is 1.25 bits per heavy atom. The molecule has 0 aromatic heterocycles. The smallest absolute Gasteiger partial charge is 0.0167 e. The third-order valence-electron chi connectivity index (χ3n) is 2.19.